The standard InChI is InChI=1S/C40H46N6O7/c1-26(52-38(41)51)35(48)43-32(24-27-20-22-31(23-21-27)53-39(2,3)4)36(49)44-33(37(50)46-42)25-34(47)45-40(28-14-8-5-9-15-28,29-16-10-6-11-17-29)30-18-12-7-13-19-30/h5-23,26,32-33H,24-25,42H2,1-4H3,(H2,41,51)(H,43,48)(H,44,49)(H,45,47)(H,46,50). The number of rotatable bonds is 15. The van der Waals surface area contributed by atoms with E-state index in [9.17, 15) is 24.0 Å². The maximum absolute atomic E-state index is 14.1. The summed E-state index contributed by atoms with van der Waals surface area (Å²) in [5.74, 6) is 3.06. The average Bonchev–Trinajstić information content (AvgIpc) is 3.13. The van der Waals surface area contributed by atoms with Crippen LogP contribution in [0.4, 0.5) is 4.79 Å². The lowest BCUT2D eigenvalue weighted by molar-refractivity contribution is -0.135. The summed E-state index contributed by atoms with van der Waals surface area (Å²) in [5.41, 5.74) is 8.37. The molecule has 4 aromatic rings. The maximum atomic E-state index is 14.1. The molecule has 0 saturated heterocycles. The molecule has 5 amide bonds. The molecule has 53 heavy (non-hydrogen) atoms. The van der Waals surface area contributed by atoms with Gasteiger partial charge in [-0.3, -0.25) is 24.6 Å². The molecule has 0 saturated carbocycles. The van der Waals surface area contributed by atoms with Crippen LogP contribution in [0.15, 0.2) is 115 Å². The predicted molar refractivity (Wildman–Crippen MR) is 199 cm³/mol. The fourth-order valence-electron chi connectivity index (χ4n) is 5.82. The van der Waals surface area contributed by atoms with Crippen molar-refractivity contribution in [2.45, 2.75) is 69.9 Å². The highest BCUT2D eigenvalue weighted by molar-refractivity contribution is 5.95. The summed E-state index contributed by atoms with van der Waals surface area (Å²) in [6.45, 7) is 7.02. The Bertz CT molecular complexity index is 1750. The van der Waals surface area contributed by atoms with Gasteiger partial charge in [0.05, 0.1) is 6.42 Å². The van der Waals surface area contributed by atoms with Gasteiger partial charge in [0.1, 0.15) is 29.0 Å². The van der Waals surface area contributed by atoms with Crippen molar-refractivity contribution in [3.05, 3.63) is 138 Å². The van der Waals surface area contributed by atoms with Gasteiger partial charge in [-0.15, -0.1) is 0 Å². The third-order valence-electron chi connectivity index (χ3n) is 8.19. The number of carbonyl (C=O) groups excluding carboxylic acids is 5. The molecule has 0 fully saturated rings. The number of hydrogen-bond acceptors (Lipinski definition) is 8. The van der Waals surface area contributed by atoms with Crippen LogP contribution in [0.3, 0.4) is 0 Å². The Morgan fingerprint density at radius 1 is 0.660 bits per heavy atom. The molecule has 3 atom stereocenters. The molecule has 278 valence electrons. The number of hydrogen-bond donors (Lipinski definition) is 6. The van der Waals surface area contributed by atoms with Crippen LogP contribution in [0.2, 0.25) is 0 Å². The minimum Gasteiger partial charge on any atom is -0.488 e. The van der Waals surface area contributed by atoms with Crippen LogP contribution in [0.25, 0.3) is 0 Å². The lowest BCUT2D eigenvalue weighted by Crippen LogP contribution is -2.58. The van der Waals surface area contributed by atoms with Gasteiger partial charge in [0.15, 0.2) is 6.10 Å². The van der Waals surface area contributed by atoms with E-state index in [2.05, 4.69) is 16.0 Å². The summed E-state index contributed by atoms with van der Waals surface area (Å²) < 4.78 is 10.7. The van der Waals surface area contributed by atoms with Crippen LogP contribution < -0.4 is 37.7 Å². The number of ether oxygens (including phenoxy) is 2. The van der Waals surface area contributed by atoms with Gasteiger partial charge in [-0.2, -0.15) is 0 Å². The van der Waals surface area contributed by atoms with Crippen LogP contribution >= 0.6 is 0 Å². The zero-order valence-electron chi connectivity index (χ0n) is 30.1. The third kappa shape index (κ3) is 10.9. The Morgan fingerprint density at radius 2 is 1.13 bits per heavy atom. The molecule has 0 bridgehead atoms. The molecule has 4 rings (SSSR count). The molecular formula is C40H46N6O7. The Labute approximate surface area is 308 Å². The Kier molecular flexibility index (Phi) is 13.3. The molecule has 0 heterocycles. The number of hydrazine groups is 1. The highest BCUT2D eigenvalue weighted by atomic mass is 16.6. The molecule has 13 heteroatoms. The second kappa shape index (κ2) is 17.8. The topological polar surface area (TPSA) is 204 Å². The zero-order valence-corrected chi connectivity index (χ0v) is 30.1. The van der Waals surface area contributed by atoms with Gasteiger partial charge in [-0.05, 0) is 62.1 Å². The normalized spacial score (nSPS) is 13.0. The lowest BCUT2D eigenvalue weighted by atomic mass is 9.77. The molecular weight excluding hydrogens is 676 g/mol. The Morgan fingerprint density at radius 3 is 1.57 bits per heavy atom. The SMILES string of the molecule is CC(OC(N)=O)C(=O)NC(Cc1ccc(OC(C)(C)C)cc1)C(=O)NC(CC(=O)NC(c1ccccc1)(c1ccccc1)c1ccccc1)C(=O)NN. The largest absolute Gasteiger partial charge is 0.488 e. The van der Waals surface area contributed by atoms with E-state index in [4.69, 9.17) is 21.1 Å². The van der Waals surface area contributed by atoms with Crippen LogP contribution in [0, 0.1) is 0 Å². The zero-order chi connectivity index (χ0) is 38.6. The predicted octanol–water partition coefficient (Wildman–Crippen LogP) is 3.35. The molecule has 3 unspecified atom stereocenters. The molecule has 0 aromatic heterocycles. The highest BCUT2D eigenvalue weighted by Crippen LogP contribution is 2.37. The fourth-order valence-corrected chi connectivity index (χ4v) is 5.82. The van der Waals surface area contributed by atoms with E-state index in [1.54, 1.807) is 24.3 Å². The summed E-state index contributed by atoms with van der Waals surface area (Å²) >= 11 is 0. The first kappa shape index (κ1) is 39.6. The summed E-state index contributed by atoms with van der Waals surface area (Å²) in [7, 11) is 0. The Hall–Kier alpha value is -6.21. The number of carbonyl (C=O) groups is 5. The van der Waals surface area contributed by atoms with Crippen molar-refractivity contribution in [2.24, 2.45) is 11.6 Å². The number of nitrogens with one attached hydrogen (secondary N) is 4. The van der Waals surface area contributed by atoms with Crippen molar-refractivity contribution in [3.8, 4) is 5.75 Å². The van der Waals surface area contributed by atoms with E-state index in [-0.39, 0.29) is 6.42 Å². The van der Waals surface area contributed by atoms with Crippen LogP contribution in [0.1, 0.15) is 56.4 Å². The van der Waals surface area contributed by atoms with Gasteiger partial charge in [0.2, 0.25) is 11.8 Å². The molecule has 13 nitrogen and oxygen atoms in total. The monoisotopic (exact) mass is 722 g/mol. The van der Waals surface area contributed by atoms with Gasteiger partial charge in [0.25, 0.3) is 11.8 Å². The minimum atomic E-state index is -1.46. The van der Waals surface area contributed by atoms with E-state index in [0.717, 1.165) is 16.7 Å². The molecule has 0 spiro atoms. The maximum Gasteiger partial charge on any atom is 0.405 e. The third-order valence-corrected chi connectivity index (χ3v) is 8.19. The smallest absolute Gasteiger partial charge is 0.405 e. The summed E-state index contributed by atoms with van der Waals surface area (Å²) in [6.07, 6.45) is -3.07. The van der Waals surface area contributed by atoms with Gasteiger partial charge in [-0.25, -0.2) is 10.6 Å². The van der Waals surface area contributed by atoms with Crippen molar-refractivity contribution in [2.75, 3.05) is 0 Å². The molecule has 0 aliphatic carbocycles. The van der Waals surface area contributed by atoms with Crippen molar-refractivity contribution in [3.63, 3.8) is 0 Å². The Balaban J connectivity index is 1.64. The van der Waals surface area contributed by atoms with Crippen LogP contribution in [-0.2, 0) is 35.9 Å². The average molecular weight is 723 g/mol. The molecule has 0 radical (unpaired) electrons. The summed E-state index contributed by atoms with van der Waals surface area (Å²) in [6, 6.07) is 32.3. The van der Waals surface area contributed by atoms with Gasteiger partial charge in [-0.1, -0.05) is 103 Å². The van der Waals surface area contributed by atoms with E-state index < -0.39 is 65.5 Å². The first-order valence-electron chi connectivity index (χ1n) is 17.0. The van der Waals surface area contributed by atoms with Crippen LogP contribution in [-0.4, -0.2) is 53.5 Å². The van der Waals surface area contributed by atoms with E-state index in [1.165, 1.54) is 6.92 Å². The first-order chi connectivity index (χ1) is 25.2. The van der Waals surface area contributed by atoms with Crippen molar-refractivity contribution in [1.29, 1.82) is 0 Å². The molecule has 4 aromatic carbocycles. The minimum absolute atomic E-state index is 0.0427. The fraction of sp³-hybridized carbons (Fsp3) is 0.275. The number of amides is 5. The lowest BCUT2D eigenvalue weighted by Gasteiger charge is -2.37. The van der Waals surface area contributed by atoms with Crippen molar-refractivity contribution >= 4 is 29.7 Å². The van der Waals surface area contributed by atoms with E-state index >= 15 is 0 Å². The first-order valence-corrected chi connectivity index (χ1v) is 17.0. The molecule has 0 aliphatic rings. The number of nitrogens with two attached hydrogens (primary N) is 2. The number of benzene rings is 4. The van der Waals surface area contributed by atoms with Gasteiger partial charge >= 0.3 is 6.09 Å². The van der Waals surface area contributed by atoms with Crippen molar-refractivity contribution < 1.29 is 33.4 Å². The summed E-state index contributed by atoms with van der Waals surface area (Å²) in [4.78, 5) is 65.5. The number of primary amides is 1. The molecule has 8 N–H and O–H groups in total. The van der Waals surface area contributed by atoms with Crippen molar-refractivity contribution in [1.82, 2.24) is 21.4 Å². The second-order valence-electron chi connectivity index (χ2n) is 13.4. The van der Waals surface area contributed by atoms with E-state index in [0.29, 0.717) is 11.3 Å². The van der Waals surface area contributed by atoms with E-state index in [1.807, 2.05) is 117 Å². The quantitative estimate of drug-likeness (QED) is 0.0464. The van der Waals surface area contributed by atoms with Gasteiger partial charge < -0.3 is 31.2 Å². The highest BCUT2D eigenvalue weighted by Gasteiger charge is 2.39. The summed E-state index contributed by atoms with van der Waals surface area (Å²) in [5, 5.41) is 8.32. The molecule has 0 aliphatic heterocycles. The van der Waals surface area contributed by atoms with Crippen LogP contribution in [0.5, 0.6) is 5.75 Å². The second-order valence-corrected chi connectivity index (χ2v) is 13.4. The van der Waals surface area contributed by atoms with Gasteiger partial charge in [0, 0.05) is 6.42 Å².